The van der Waals surface area contributed by atoms with Gasteiger partial charge in [0.1, 0.15) is 5.82 Å². The highest BCUT2D eigenvalue weighted by Gasteiger charge is 2.31. The molecule has 1 aliphatic carbocycles. The third-order valence-corrected chi connectivity index (χ3v) is 4.87. The van der Waals surface area contributed by atoms with Crippen LogP contribution >= 0.6 is 0 Å². The predicted octanol–water partition coefficient (Wildman–Crippen LogP) is 2.43. The summed E-state index contributed by atoms with van der Waals surface area (Å²) in [6.45, 7) is 2.74. The lowest BCUT2D eigenvalue weighted by molar-refractivity contribution is 0.290. The zero-order chi connectivity index (χ0) is 13.0. The highest BCUT2D eigenvalue weighted by molar-refractivity contribution is 7.84. The first kappa shape index (κ1) is 13.7. The van der Waals surface area contributed by atoms with Crippen LogP contribution in [0.1, 0.15) is 31.2 Å². The van der Waals surface area contributed by atoms with Crippen molar-refractivity contribution in [2.24, 2.45) is 0 Å². The Balaban J connectivity index is 1.71. The van der Waals surface area contributed by atoms with E-state index in [0.29, 0.717) is 12.0 Å². The Labute approximate surface area is 110 Å². The number of hydrogen-bond donors (Lipinski definition) is 1. The fraction of sp³-hybridized carbons (Fsp3) is 0.571. The molecular weight excluding hydrogens is 249 g/mol. The minimum atomic E-state index is -0.692. The van der Waals surface area contributed by atoms with Gasteiger partial charge in [0.25, 0.3) is 0 Å². The van der Waals surface area contributed by atoms with Crippen molar-refractivity contribution in [3.8, 4) is 0 Å². The van der Waals surface area contributed by atoms with Crippen LogP contribution < -0.4 is 5.32 Å². The quantitative estimate of drug-likeness (QED) is 0.859. The lowest BCUT2D eigenvalue weighted by Crippen LogP contribution is -2.41. The van der Waals surface area contributed by atoms with Crippen molar-refractivity contribution in [3.05, 3.63) is 35.6 Å². The third kappa shape index (κ3) is 3.39. The molecule has 0 spiro atoms. The van der Waals surface area contributed by atoms with E-state index in [4.69, 9.17) is 0 Å². The summed E-state index contributed by atoms with van der Waals surface area (Å²) in [7, 11) is -0.692. The minimum absolute atomic E-state index is 0.0898. The average molecular weight is 269 g/mol. The first-order valence-electron chi connectivity index (χ1n) is 6.53. The maximum Gasteiger partial charge on any atom is 0.126 e. The van der Waals surface area contributed by atoms with Gasteiger partial charge in [0.2, 0.25) is 0 Å². The van der Waals surface area contributed by atoms with Crippen LogP contribution in [0.25, 0.3) is 0 Å². The van der Waals surface area contributed by atoms with Gasteiger partial charge >= 0.3 is 0 Å². The molecular formula is C14H20FNOS. The Morgan fingerprint density at radius 2 is 2.11 bits per heavy atom. The van der Waals surface area contributed by atoms with Crippen molar-refractivity contribution < 1.29 is 8.60 Å². The van der Waals surface area contributed by atoms with Crippen LogP contribution in [-0.4, -0.2) is 28.3 Å². The van der Waals surface area contributed by atoms with Gasteiger partial charge in [0.15, 0.2) is 0 Å². The molecule has 0 aliphatic heterocycles. The SMILES string of the molecule is CCS(=O)CCNC1CC(c2ccccc2F)C1. The molecule has 1 fully saturated rings. The van der Waals surface area contributed by atoms with Gasteiger partial charge in [-0.1, -0.05) is 25.1 Å². The van der Waals surface area contributed by atoms with E-state index in [1.54, 1.807) is 6.07 Å². The number of nitrogens with one attached hydrogen (secondary N) is 1. The average Bonchev–Trinajstić information content (AvgIpc) is 2.33. The van der Waals surface area contributed by atoms with Crippen molar-refractivity contribution in [2.75, 3.05) is 18.1 Å². The van der Waals surface area contributed by atoms with E-state index in [1.807, 2.05) is 19.1 Å². The molecule has 1 unspecified atom stereocenters. The molecule has 1 N–H and O–H groups in total. The predicted molar refractivity (Wildman–Crippen MR) is 73.7 cm³/mol. The van der Waals surface area contributed by atoms with Crippen LogP contribution in [0.4, 0.5) is 4.39 Å². The number of rotatable bonds is 6. The van der Waals surface area contributed by atoms with Gasteiger partial charge in [-0.2, -0.15) is 0 Å². The summed E-state index contributed by atoms with van der Waals surface area (Å²) >= 11 is 0. The van der Waals surface area contributed by atoms with Crippen LogP contribution in [0.5, 0.6) is 0 Å². The largest absolute Gasteiger partial charge is 0.313 e. The molecule has 2 rings (SSSR count). The second-order valence-electron chi connectivity index (χ2n) is 4.77. The molecule has 1 aromatic carbocycles. The molecule has 2 nitrogen and oxygen atoms in total. The van der Waals surface area contributed by atoms with Crippen LogP contribution in [-0.2, 0) is 10.8 Å². The van der Waals surface area contributed by atoms with Crippen LogP contribution in [0.15, 0.2) is 24.3 Å². The Hall–Kier alpha value is -0.740. The molecule has 0 radical (unpaired) electrons. The van der Waals surface area contributed by atoms with Crippen LogP contribution in [0.3, 0.4) is 0 Å². The van der Waals surface area contributed by atoms with E-state index in [-0.39, 0.29) is 5.82 Å². The maximum atomic E-state index is 13.5. The normalized spacial score (nSPS) is 24.6. The summed E-state index contributed by atoms with van der Waals surface area (Å²) in [6, 6.07) is 7.49. The minimum Gasteiger partial charge on any atom is -0.313 e. The highest BCUT2D eigenvalue weighted by Crippen LogP contribution is 2.37. The summed E-state index contributed by atoms with van der Waals surface area (Å²) in [5, 5.41) is 3.39. The van der Waals surface area contributed by atoms with Crippen molar-refractivity contribution >= 4 is 10.8 Å². The van der Waals surface area contributed by atoms with Crippen molar-refractivity contribution in [1.82, 2.24) is 5.32 Å². The Morgan fingerprint density at radius 1 is 1.39 bits per heavy atom. The second kappa shape index (κ2) is 6.43. The van der Waals surface area contributed by atoms with E-state index in [1.165, 1.54) is 6.07 Å². The summed E-state index contributed by atoms with van der Waals surface area (Å²) in [5.74, 6) is 1.70. The molecule has 1 atom stereocenters. The fourth-order valence-corrected chi connectivity index (χ4v) is 3.00. The van der Waals surface area contributed by atoms with Crippen molar-refractivity contribution in [2.45, 2.75) is 31.7 Å². The fourth-order valence-electron chi connectivity index (χ4n) is 2.37. The van der Waals surface area contributed by atoms with Crippen LogP contribution in [0.2, 0.25) is 0 Å². The molecule has 100 valence electrons. The van der Waals surface area contributed by atoms with Gasteiger partial charge in [-0.05, 0) is 30.4 Å². The van der Waals surface area contributed by atoms with Crippen molar-refractivity contribution in [3.63, 3.8) is 0 Å². The molecule has 0 bridgehead atoms. The smallest absolute Gasteiger partial charge is 0.126 e. The van der Waals surface area contributed by atoms with Gasteiger partial charge < -0.3 is 5.32 Å². The summed E-state index contributed by atoms with van der Waals surface area (Å²) < 4.78 is 24.8. The number of benzene rings is 1. The Kier molecular flexibility index (Phi) is 4.89. The second-order valence-corrected chi connectivity index (χ2v) is 6.64. The molecule has 4 heteroatoms. The molecule has 0 saturated heterocycles. The highest BCUT2D eigenvalue weighted by atomic mass is 32.2. The number of hydrogen-bond acceptors (Lipinski definition) is 2. The zero-order valence-corrected chi connectivity index (χ0v) is 11.5. The Bertz CT molecular complexity index is 418. The lowest BCUT2D eigenvalue weighted by Gasteiger charge is -2.36. The van der Waals surface area contributed by atoms with Gasteiger partial charge in [-0.3, -0.25) is 4.21 Å². The molecule has 1 saturated carbocycles. The van der Waals surface area contributed by atoms with Gasteiger partial charge in [0.05, 0.1) is 0 Å². The molecule has 0 amide bonds. The molecule has 0 aromatic heterocycles. The molecule has 1 aromatic rings. The van der Waals surface area contributed by atoms with Crippen LogP contribution in [0, 0.1) is 5.82 Å². The van der Waals surface area contributed by atoms with E-state index in [2.05, 4.69) is 5.32 Å². The first-order valence-corrected chi connectivity index (χ1v) is 8.02. The van der Waals surface area contributed by atoms with Gasteiger partial charge in [0, 0.05) is 34.9 Å². The third-order valence-electron chi connectivity index (χ3n) is 3.57. The van der Waals surface area contributed by atoms with Crippen molar-refractivity contribution in [1.29, 1.82) is 0 Å². The molecule has 0 heterocycles. The summed E-state index contributed by atoms with van der Waals surface area (Å²) in [4.78, 5) is 0. The molecule has 18 heavy (non-hydrogen) atoms. The van der Waals surface area contributed by atoms with E-state index < -0.39 is 10.8 Å². The maximum absolute atomic E-state index is 13.5. The van der Waals surface area contributed by atoms with Gasteiger partial charge in [-0.25, -0.2) is 4.39 Å². The summed E-state index contributed by atoms with van der Waals surface area (Å²) in [6.07, 6.45) is 1.97. The lowest BCUT2D eigenvalue weighted by atomic mass is 9.75. The number of halogens is 1. The summed E-state index contributed by atoms with van der Waals surface area (Å²) in [5.41, 5.74) is 0.840. The zero-order valence-electron chi connectivity index (χ0n) is 10.7. The van der Waals surface area contributed by atoms with E-state index >= 15 is 0 Å². The van der Waals surface area contributed by atoms with E-state index in [0.717, 1.165) is 36.5 Å². The topological polar surface area (TPSA) is 29.1 Å². The van der Waals surface area contributed by atoms with Gasteiger partial charge in [-0.15, -0.1) is 0 Å². The monoisotopic (exact) mass is 269 g/mol. The first-order chi connectivity index (χ1) is 8.70. The Morgan fingerprint density at radius 3 is 2.78 bits per heavy atom. The standard InChI is InChI=1S/C14H20FNOS/c1-2-18(17)8-7-16-12-9-11(10-12)13-5-3-4-6-14(13)15/h3-6,11-12,16H,2,7-10H2,1H3. The molecule has 1 aliphatic rings. The van der Waals surface area contributed by atoms with E-state index in [9.17, 15) is 8.60 Å².